The van der Waals surface area contributed by atoms with Crippen molar-refractivity contribution < 1.29 is 9.59 Å². The van der Waals surface area contributed by atoms with Gasteiger partial charge in [0.25, 0.3) is 0 Å². The van der Waals surface area contributed by atoms with Gasteiger partial charge in [-0.1, -0.05) is 35.4 Å². The largest absolute Gasteiger partial charge is 0.312 e. The Morgan fingerprint density at radius 1 is 1.14 bits per heavy atom. The van der Waals surface area contributed by atoms with Gasteiger partial charge in [0.05, 0.1) is 0 Å². The summed E-state index contributed by atoms with van der Waals surface area (Å²) in [6.45, 7) is 6.93. The molecular formula is C23H31N3O2. The van der Waals surface area contributed by atoms with Gasteiger partial charge in [0.15, 0.2) is 0 Å². The lowest BCUT2D eigenvalue weighted by Gasteiger charge is -2.29. The molecule has 5 heteroatoms. The molecule has 5 nitrogen and oxygen atoms in total. The molecule has 0 atom stereocenters. The predicted octanol–water partition coefficient (Wildman–Crippen LogP) is 4.54. The topological polar surface area (TPSA) is 61.8 Å². The molecule has 28 heavy (non-hydrogen) atoms. The number of anilines is 1. The third kappa shape index (κ3) is 7.14. The van der Waals surface area contributed by atoms with Crippen LogP contribution in [0.25, 0.3) is 0 Å². The molecule has 1 heterocycles. The summed E-state index contributed by atoms with van der Waals surface area (Å²) in [6, 6.07) is 7.98. The monoisotopic (exact) mass is 381 g/mol. The quantitative estimate of drug-likeness (QED) is 0.408. The van der Waals surface area contributed by atoms with Crippen molar-refractivity contribution >= 4 is 23.7 Å². The van der Waals surface area contributed by atoms with Crippen LogP contribution in [0.5, 0.6) is 0 Å². The molecule has 0 radical (unpaired) electrons. The molecule has 1 aromatic carbocycles. The van der Waals surface area contributed by atoms with E-state index in [9.17, 15) is 9.59 Å². The highest BCUT2D eigenvalue weighted by Crippen LogP contribution is 2.27. The van der Waals surface area contributed by atoms with Crippen molar-refractivity contribution in [1.82, 2.24) is 5.43 Å². The van der Waals surface area contributed by atoms with Crippen molar-refractivity contribution in [3.05, 3.63) is 53.1 Å². The number of hydrogen-bond acceptors (Lipinski definition) is 3. The summed E-state index contributed by atoms with van der Waals surface area (Å²) in [6.07, 6.45) is 9.95. The van der Waals surface area contributed by atoms with E-state index >= 15 is 0 Å². The maximum absolute atomic E-state index is 12.5. The van der Waals surface area contributed by atoms with Crippen LogP contribution in [0, 0.1) is 0 Å². The molecule has 0 spiro atoms. The van der Waals surface area contributed by atoms with Crippen molar-refractivity contribution in [3.8, 4) is 0 Å². The third-order valence-corrected chi connectivity index (χ3v) is 4.69. The Hall–Kier alpha value is -2.69. The van der Waals surface area contributed by atoms with E-state index in [1.165, 1.54) is 16.7 Å². The maximum Gasteiger partial charge on any atom is 0.240 e. The number of hydrogen-bond donors (Lipinski definition) is 1. The number of benzene rings is 1. The number of hydrazone groups is 1. The van der Waals surface area contributed by atoms with E-state index in [0.29, 0.717) is 6.54 Å². The number of nitrogens with one attached hydrogen (secondary N) is 1. The van der Waals surface area contributed by atoms with Crippen molar-refractivity contribution in [2.45, 2.75) is 59.3 Å². The number of allylic oxidation sites excluding steroid dienone is 4. The Labute approximate surface area is 168 Å². The summed E-state index contributed by atoms with van der Waals surface area (Å²) >= 11 is 0. The van der Waals surface area contributed by atoms with E-state index in [1.807, 2.05) is 31.2 Å². The van der Waals surface area contributed by atoms with Crippen molar-refractivity contribution in [3.63, 3.8) is 0 Å². The first-order chi connectivity index (χ1) is 13.5. The fourth-order valence-corrected chi connectivity index (χ4v) is 3.15. The molecule has 0 aromatic heterocycles. The third-order valence-electron chi connectivity index (χ3n) is 4.69. The second kappa shape index (κ2) is 11.2. The van der Waals surface area contributed by atoms with Crippen LogP contribution in [0.2, 0.25) is 0 Å². The van der Waals surface area contributed by atoms with E-state index in [-0.39, 0.29) is 24.7 Å². The van der Waals surface area contributed by atoms with Crippen LogP contribution in [0.1, 0.15) is 58.4 Å². The zero-order valence-electron chi connectivity index (χ0n) is 17.2. The summed E-state index contributed by atoms with van der Waals surface area (Å²) in [7, 11) is 0. The molecule has 0 unspecified atom stereocenters. The fraction of sp³-hybridized carbons (Fsp3) is 0.435. The molecule has 1 aliphatic rings. The number of aryl methyl sites for hydroxylation is 1. The molecule has 0 fully saturated rings. The number of fused-ring (bicyclic) bond motifs is 1. The zero-order valence-corrected chi connectivity index (χ0v) is 17.2. The molecule has 0 bridgehead atoms. The fourth-order valence-electron chi connectivity index (χ4n) is 3.15. The van der Waals surface area contributed by atoms with Crippen LogP contribution in [0.3, 0.4) is 0 Å². The van der Waals surface area contributed by atoms with Gasteiger partial charge in [-0.2, -0.15) is 5.10 Å². The normalized spacial score (nSPS) is 14.0. The Morgan fingerprint density at radius 3 is 2.71 bits per heavy atom. The molecule has 0 aliphatic carbocycles. The van der Waals surface area contributed by atoms with Gasteiger partial charge >= 0.3 is 0 Å². The molecule has 0 saturated heterocycles. The average molecular weight is 382 g/mol. The lowest BCUT2D eigenvalue weighted by Crippen LogP contribution is -2.36. The Balaban J connectivity index is 1.74. The number of para-hydroxylation sites is 1. The highest BCUT2D eigenvalue weighted by Gasteiger charge is 2.22. The lowest BCUT2D eigenvalue weighted by atomic mass is 10.0. The first-order valence-electron chi connectivity index (χ1n) is 9.96. The van der Waals surface area contributed by atoms with Crippen molar-refractivity contribution in [2.24, 2.45) is 5.10 Å². The van der Waals surface area contributed by atoms with Crippen LogP contribution >= 0.6 is 0 Å². The molecule has 150 valence electrons. The van der Waals surface area contributed by atoms with E-state index in [0.717, 1.165) is 31.4 Å². The smallest absolute Gasteiger partial charge is 0.240 e. The molecule has 1 N–H and O–H groups in total. The van der Waals surface area contributed by atoms with E-state index < -0.39 is 0 Å². The number of carbonyl (C=O) groups is 2. The van der Waals surface area contributed by atoms with Crippen LogP contribution in [-0.4, -0.2) is 24.6 Å². The van der Waals surface area contributed by atoms with Gasteiger partial charge in [-0.05, 0) is 64.2 Å². The maximum atomic E-state index is 12.5. The minimum absolute atomic E-state index is 0.0127. The van der Waals surface area contributed by atoms with Crippen LogP contribution in [0.4, 0.5) is 5.69 Å². The Morgan fingerprint density at radius 2 is 1.93 bits per heavy atom. The van der Waals surface area contributed by atoms with Crippen molar-refractivity contribution in [2.75, 3.05) is 11.4 Å². The standard InChI is InChI=1S/C23H31N3O2/c1-18(2)8-6-9-19(3)15-16-24-25-22(27)13-14-23(28)26-17-7-11-20-10-4-5-12-21(20)26/h4-5,8,10,12,15-16H,6-7,9,11,13-14,17H2,1-3H3,(H,25,27). The summed E-state index contributed by atoms with van der Waals surface area (Å²) in [5, 5.41) is 3.94. The molecule has 2 rings (SSSR count). The Bertz CT molecular complexity index is 774. The molecule has 0 saturated carbocycles. The SMILES string of the molecule is CC(C)=CCCC(C)=CC=NNC(=O)CCC(=O)N1CCCc2ccccc21. The van der Waals surface area contributed by atoms with Gasteiger partial charge < -0.3 is 4.90 Å². The minimum atomic E-state index is -0.245. The minimum Gasteiger partial charge on any atom is -0.312 e. The number of amides is 2. The first-order valence-corrected chi connectivity index (χ1v) is 9.96. The highest BCUT2D eigenvalue weighted by molar-refractivity contribution is 5.96. The Kier molecular flexibility index (Phi) is 8.66. The van der Waals surface area contributed by atoms with Gasteiger partial charge in [-0.25, -0.2) is 5.43 Å². The van der Waals surface area contributed by atoms with Crippen molar-refractivity contribution in [1.29, 1.82) is 0 Å². The van der Waals surface area contributed by atoms with E-state index in [2.05, 4.69) is 36.5 Å². The predicted molar refractivity (Wildman–Crippen MR) is 115 cm³/mol. The molecule has 1 aromatic rings. The second-order valence-corrected chi connectivity index (χ2v) is 7.42. The molecule has 2 amide bonds. The summed E-state index contributed by atoms with van der Waals surface area (Å²) < 4.78 is 0. The van der Waals surface area contributed by atoms with E-state index in [4.69, 9.17) is 0 Å². The highest BCUT2D eigenvalue weighted by atomic mass is 16.2. The van der Waals surface area contributed by atoms with Crippen LogP contribution in [-0.2, 0) is 16.0 Å². The second-order valence-electron chi connectivity index (χ2n) is 7.42. The van der Waals surface area contributed by atoms with E-state index in [1.54, 1.807) is 11.1 Å². The zero-order chi connectivity index (χ0) is 20.4. The molecular weight excluding hydrogens is 350 g/mol. The van der Waals surface area contributed by atoms with Crippen LogP contribution in [0.15, 0.2) is 52.7 Å². The summed E-state index contributed by atoms with van der Waals surface area (Å²) in [4.78, 5) is 26.3. The van der Waals surface area contributed by atoms with Gasteiger partial charge in [0.2, 0.25) is 11.8 Å². The number of rotatable bonds is 8. The number of carbonyl (C=O) groups excluding carboxylic acids is 2. The van der Waals surface area contributed by atoms with Gasteiger partial charge in [0, 0.05) is 31.3 Å². The van der Waals surface area contributed by atoms with Gasteiger partial charge in [-0.3, -0.25) is 9.59 Å². The average Bonchev–Trinajstić information content (AvgIpc) is 2.68. The lowest BCUT2D eigenvalue weighted by molar-refractivity contribution is -0.125. The first kappa shape index (κ1) is 21.6. The molecule has 1 aliphatic heterocycles. The summed E-state index contributed by atoms with van der Waals surface area (Å²) in [5.41, 5.74) is 7.19. The van der Waals surface area contributed by atoms with Crippen LogP contribution < -0.4 is 10.3 Å². The number of nitrogens with zero attached hydrogens (tertiary/aromatic N) is 2. The van der Waals surface area contributed by atoms with Gasteiger partial charge in [-0.15, -0.1) is 0 Å². The summed E-state index contributed by atoms with van der Waals surface area (Å²) in [5.74, 6) is -0.258. The van der Waals surface area contributed by atoms with Gasteiger partial charge in [0.1, 0.15) is 0 Å².